The lowest BCUT2D eigenvalue weighted by Crippen LogP contribution is -2.33. The topological polar surface area (TPSA) is 103 Å². The van der Waals surface area contributed by atoms with Crippen molar-refractivity contribution in [2.75, 3.05) is 32.9 Å². The molecule has 2 aromatic carbocycles. The predicted octanol–water partition coefficient (Wildman–Crippen LogP) is 0.959. The van der Waals surface area contributed by atoms with Gasteiger partial charge in [0.2, 0.25) is 0 Å². The highest BCUT2D eigenvalue weighted by Gasteiger charge is 2.07. The van der Waals surface area contributed by atoms with Crippen LogP contribution in [0.5, 0.6) is 17.2 Å². The fourth-order valence-electron chi connectivity index (χ4n) is 2.11. The predicted molar refractivity (Wildman–Crippen MR) is 97.4 cm³/mol. The maximum atomic E-state index is 10.8. The Morgan fingerprint density at radius 2 is 1.65 bits per heavy atom. The molecule has 0 aliphatic carbocycles. The number of hydrogen-bond acceptors (Lipinski definition) is 6. The van der Waals surface area contributed by atoms with Crippen molar-refractivity contribution in [1.82, 2.24) is 5.32 Å². The van der Waals surface area contributed by atoms with Crippen molar-refractivity contribution < 1.29 is 24.1 Å². The summed E-state index contributed by atoms with van der Waals surface area (Å²) in [4.78, 5) is 10.8. The van der Waals surface area contributed by atoms with E-state index in [-0.39, 0.29) is 13.2 Å². The van der Waals surface area contributed by atoms with Crippen LogP contribution < -0.4 is 25.3 Å². The first-order chi connectivity index (χ1) is 12.6. The van der Waals surface area contributed by atoms with Crippen LogP contribution in [-0.4, -0.2) is 50.0 Å². The number of aliphatic hydroxyl groups is 1. The number of aliphatic hydroxyl groups excluding tert-OH is 1. The molecule has 0 aromatic heterocycles. The molecule has 0 heterocycles. The summed E-state index contributed by atoms with van der Waals surface area (Å²) in [5.41, 5.74) is 5.07. The first-order valence-electron chi connectivity index (χ1n) is 8.34. The number of carbonyl (C=O) groups excluding carboxylic acids is 1. The van der Waals surface area contributed by atoms with Crippen LogP contribution in [0.15, 0.2) is 54.6 Å². The molecule has 0 bridgehead atoms. The van der Waals surface area contributed by atoms with E-state index in [1.165, 1.54) is 0 Å². The van der Waals surface area contributed by atoms with E-state index in [2.05, 4.69) is 5.32 Å². The number of ether oxygens (including phenoxy) is 3. The van der Waals surface area contributed by atoms with E-state index in [1.807, 2.05) is 36.4 Å². The summed E-state index contributed by atoms with van der Waals surface area (Å²) < 4.78 is 16.4. The molecule has 0 aliphatic heterocycles. The first-order valence-corrected chi connectivity index (χ1v) is 8.34. The zero-order valence-electron chi connectivity index (χ0n) is 14.5. The van der Waals surface area contributed by atoms with E-state index >= 15 is 0 Å². The summed E-state index contributed by atoms with van der Waals surface area (Å²) in [6.45, 7) is 1.31. The Hall–Kier alpha value is -2.77. The molecule has 7 nitrogen and oxygen atoms in total. The van der Waals surface area contributed by atoms with Gasteiger partial charge in [-0.25, -0.2) is 0 Å². The third-order valence-electron chi connectivity index (χ3n) is 3.32. The molecule has 4 N–H and O–H groups in total. The summed E-state index contributed by atoms with van der Waals surface area (Å²) >= 11 is 0. The molecular weight excluding hydrogens is 336 g/mol. The van der Waals surface area contributed by atoms with Crippen LogP contribution in [0.2, 0.25) is 0 Å². The molecule has 2 aromatic rings. The van der Waals surface area contributed by atoms with Crippen molar-refractivity contribution in [3.8, 4) is 17.2 Å². The highest BCUT2D eigenvalue weighted by molar-refractivity contribution is 5.75. The van der Waals surface area contributed by atoms with E-state index < -0.39 is 12.0 Å². The van der Waals surface area contributed by atoms with Gasteiger partial charge in [0, 0.05) is 13.1 Å². The fourth-order valence-corrected chi connectivity index (χ4v) is 2.11. The minimum atomic E-state index is -0.624. The Labute approximate surface area is 152 Å². The van der Waals surface area contributed by atoms with Crippen LogP contribution in [0.3, 0.4) is 0 Å². The quantitative estimate of drug-likeness (QED) is 0.487. The average Bonchev–Trinajstić information content (AvgIpc) is 2.66. The molecule has 26 heavy (non-hydrogen) atoms. The summed E-state index contributed by atoms with van der Waals surface area (Å²) in [5.74, 6) is 1.17. The number of amides is 1. The lowest BCUT2D eigenvalue weighted by Gasteiger charge is -2.14. The monoisotopic (exact) mass is 360 g/mol. The maximum absolute atomic E-state index is 10.8. The second-order valence-corrected chi connectivity index (χ2v) is 5.53. The van der Waals surface area contributed by atoms with Crippen LogP contribution in [0.4, 0.5) is 0 Å². The molecular formula is C19H24N2O5. The Bertz CT molecular complexity index is 666. The number of hydrogen-bond donors (Lipinski definition) is 3. The van der Waals surface area contributed by atoms with Crippen LogP contribution >= 0.6 is 0 Å². The molecule has 0 aliphatic rings. The van der Waals surface area contributed by atoms with Crippen molar-refractivity contribution in [2.24, 2.45) is 5.73 Å². The van der Waals surface area contributed by atoms with Gasteiger partial charge in [-0.2, -0.15) is 0 Å². The molecule has 1 unspecified atom stereocenters. The molecule has 7 heteroatoms. The van der Waals surface area contributed by atoms with Crippen LogP contribution in [0, 0.1) is 0 Å². The van der Waals surface area contributed by atoms with Crippen LogP contribution in [0.25, 0.3) is 0 Å². The zero-order valence-corrected chi connectivity index (χ0v) is 14.5. The highest BCUT2D eigenvalue weighted by atomic mass is 16.5. The molecule has 0 spiro atoms. The van der Waals surface area contributed by atoms with Gasteiger partial charge in [0.05, 0.1) is 0 Å². The number of nitrogens with one attached hydrogen (secondary N) is 1. The SMILES string of the molecule is NC(=O)COc1ccccc1OCCNCC(O)COc1ccccc1. The van der Waals surface area contributed by atoms with Gasteiger partial charge in [-0.1, -0.05) is 30.3 Å². The van der Waals surface area contributed by atoms with Crippen LogP contribution in [-0.2, 0) is 4.79 Å². The maximum Gasteiger partial charge on any atom is 0.255 e. The van der Waals surface area contributed by atoms with Gasteiger partial charge in [0.25, 0.3) is 5.91 Å². The molecule has 140 valence electrons. The number of benzene rings is 2. The standard InChI is InChI=1S/C19H24N2O5/c20-19(23)14-26-18-9-5-4-8-17(18)24-11-10-21-12-15(22)13-25-16-6-2-1-3-7-16/h1-9,15,21-22H,10-14H2,(H2,20,23). The van der Waals surface area contributed by atoms with E-state index in [4.69, 9.17) is 19.9 Å². The second kappa shape index (κ2) is 11.0. The molecule has 2 rings (SSSR count). The second-order valence-electron chi connectivity index (χ2n) is 5.53. The molecule has 0 saturated carbocycles. The van der Waals surface area contributed by atoms with Gasteiger partial charge >= 0.3 is 0 Å². The number of nitrogens with two attached hydrogens (primary N) is 1. The van der Waals surface area contributed by atoms with Gasteiger partial charge < -0.3 is 30.4 Å². The van der Waals surface area contributed by atoms with E-state index in [9.17, 15) is 9.90 Å². The fraction of sp³-hybridized carbons (Fsp3) is 0.316. The van der Waals surface area contributed by atoms with E-state index in [1.54, 1.807) is 18.2 Å². The van der Waals surface area contributed by atoms with Crippen molar-refractivity contribution in [1.29, 1.82) is 0 Å². The van der Waals surface area contributed by atoms with Crippen LogP contribution in [0.1, 0.15) is 0 Å². The summed E-state index contributed by atoms with van der Waals surface area (Å²) in [7, 11) is 0. The largest absolute Gasteiger partial charge is 0.491 e. The Kier molecular flexibility index (Phi) is 8.25. The first kappa shape index (κ1) is 19.6. The van der Waals surface area contributed by atoms with Gasteiger partial charge in [-0.3, -0.25) is 4.79 Å². The van der Waals surface area contributed by atoms with Gasteiger partial charge in [0.1, 0.15) is 25.1 Å². The summed E-state index contributed by atoms with van der Waals surface area (Å²) in [6, 6.07) is 16.4. The summed E-state index contributed by atoms with van der Waals surface area (Å²) in [6.07, 6.45) is -0.624. The van der Waals surface area contributed by atoms with Crippen molar-refractivity contribution in [3.63, 3.8) is 0 Å². The molecule has 1 amide bonds. The molecule has 0 fully saturated rings. The molecule has 0 radical (unpaired) electrons. The number of para-hydroxylation sites is 3. The van der Waals surface area contributed by atoms with Crippen molar-refractivity contribution in [2.45, 2.75) is 6.10 Å². The van der Waals surface area contributed by atoms with Gasteiger partial charge in [-0.05, 0) is 24.3 Å². The average molecular weight is 360 g/mol. The third-order valence-corrected chi connectivity index (χ3v) is 3.32. The lowest BCUT2D eigenvalue weighted by molar-refractivity contribution is -0.119. The van der Waals surface area contributed by atoms with E-state index in [0.29, 0.717) is 31.2 Å². The Balaban J connectivity index is 1.62. The minimum Gasteiger partial charge on any atom is -0.491 e. The normalized spacial score (nSPS) is 11.6. The van der Waals surface area contributed by atoms with E-state index in [0.717, 1.165) is 5.75 Å². The third kappa shape index (κ3) is 7.42. The highest BCUT2D eigenvalue weighted by Crippen LogP contribution is 2.26. The van der Waals surface area contributed by atoms with Gasteiger partial charge in [-0.15, -0.1) is 0 Å². The summed E-state index contributed by atoms with van der Waals surface area (Å²) in [5, 5.41) is 13.0. The lowest BCUT2D eigenvalue weighted by atomic mass is 10.3. The molecule has 0 saturated heterocycles. The minimum absolute atomic E-state index is 0.202. The van der Waals surface area contributed by atoms with Crippen molar-refractivity contribution >= 4 is 5.91 Å². The number of carbonyl (C=O) groups is 1. The molecule has 1 atom stereocenters. The van der Waals surface area contributed by atoms with Crippen molar-refractivity contribution in [3.05, 3.63) is 54.6 Å². The number of primary amides is 1. The smallest absolute Gasteiger partial charge is 0.255 e. The van der Waals surface area contributed by atoms with Gasteiger partial charge in [0.15, 0.2) is 18.1 Å². The Morgan fingerprint density at radius 1 is 1.00 bits per heavy atom. The number of rotatable bonds is 12. The zero-order chi connectivity index (χ0) is 18.6. The Morgan fingerprint density at radius 3 is 2.35 bits per heavy atom.